The third-order valence-electron chi connectivity index (χ3n) is 1.51. The number of hydrogen-bond donors (Lipinski definition) is 0. The van der Waals surface area contributed by atoms with Gasteiger partial charge in [-0.05, 0) is 0 Å². The van der Waals surface area contributed by atoms with Crippen LogP contribution in [-0.2, 0) is 0 Å². The minimum atomic E-state index is 0. The molecule has 0 atom stereocenters. The number of benzene rings is 1. The van der Waals surface area contributed by atoms with Gasteiger partial charge in [-0.1, -0.05) is 0 Å². The van der Waals surface area contributed by atoms with Crippen molar-refractivity contribution in [3.05, 3.63) is 18.2 Å². The SMILES string of the molecule is COc1[c-]ccc(OC)c1OC.[Br-].[Mg+2]. The van der Waals surface area contributed by atoms with E-state index in [1.807, 2.05) is 0 Å². The van der Waals surface area contributed by atoms with Gasteiger partial charge in [0.2, 0.25) is 0 Å². The zero-order valence-electron chi connectivity index (χ0n) is 8.46. The molecule has 0 heterocycles. The second-order valence-corrected chi connectivity index (χ2v) is 2.11. The van der Waals surface area contributed by atoms with Crippen LogP contribution >= 0.6 is 0 Å². The normalized spacial score (nSPS) is 7.93. The molecule has 0 bridgehead atoms. The van der Waals surface area contributed by atoms with E-state index in [-0.39, 0.29) is 40.0 Å². The third kappa shape index (κ3) is 3.55. The average Bonchev–Trinajstić information content (AvgIpc) is 2.16. The Kier molecular flexibility index (Phi) is 9.55. The quantitative estimate of drug-likeness (QED) is 0.476. The van der Waals surface area contributed by atoms with Crippen LogP contribution in [0.4, 0.5) is 0 Å². The van der Waals surface area contributed by atoms with Crippen molar-refractivity contribution in [2.75, 3.05) is 21.3 Å². The molecule has 14 heavy (non-hydrogen) atoms. The van der Waals surface area contributed by atoms with Crippen LogP contribution in [0, 0.1) is 6.07 Å². The fourth-order valence-electron chi connectivity index (χ4n) is 0.952. The Bertz CT molecular complexity index is 246. The summed E-state index contributed by atoms with van der Waals surface area (Å²) in [5.74, 6) is 1.77. The molecular weight excluding hydrogens is 260 g/mol. The first kappa shape index (κ1) is 16.3. The molecule has 0 amide bonds. The molecule has 0 aromatic heterocycles. The van der Waals surface area contributed by atoms with E-state index >= 15 is 0 Å². The van der Waals surface area contributed by atoms with E-state index in [4.69, 9.17) is 14.2 Å². The molecule has 0 aliphatic rings. The van der Waals surface area contributed by atoms with E-state index < -0.39 is 0 Å². The number of ether oxygens (including phenoxy) is 3. The Morgan fingerprint density at radius 3 is 2.14 bits per heavy atom. The molecule has 0 radical (unpaired) electrons. The third-order valence-corrected chi connectivity index (χ3v) is 1.51. The Labute approximate surface area is 111 Å². The van der Waals surface area contributed by atoms with Crippen molar-refractivity contribution in [2.24, 2.45) is 0 Å². The summed E-state index contributed by atoms with van der Waals surface area (Å²) in [5.41, 5.74) is 0. The van der Waals surface area contributed by atoms with Crippen molar-refractivity contribution in [2.45, 2.75) is 0 Å². The van der Waals surface area contributed by atoms with Gasteiger partial charge in [0.05, 0.1) is 38.6 Å². The van der Waals surface area contributed by atoms with Crippen LogP contribution in [0.25, 0.3) is 0 Å². The summed E-state index contributed by atoms with van der Waals surface area (Å²) in [4.78, 5) is 0. The van der Waals surface area contributed by atoms with Crippen molar-refractivity contribution in [3.8, 4) is 17.2 Å². The maximum atomic E-state index is 5.08. The van der Waals surface area contributed by atoms with Crippen molar-refractivity contribution < 1.29 is 31.2 Å². The Morgan fingerprint density at radius 2 is 1.71 bits per heavy atom. The van der Waals surface area contributed by atoms with Crippen LogP contribution < -0.4 is 31.2 Å². The van der Waals surface area contributed by atoms with Gasteiger partial charge in [-0.25, -0.2) is 0 Å². The molecule has 0 aliphatic heterocycles. The molecule has 0 unspecified atom stereocenters. The number of methoxy groups -OCH3 is 3. The summed E-state index contributed by atoms with van der Waals surface area (Å²) < 4.78 is 15.1. The monoisotopic (exact) mass is 270 g/mol. The summed E-state index contributed by atoms with van der Waals surface area (Å²) >= 11 is 0. The zero-order chi connectivity index (χ0) is 8.97. The maximum Gasteiger partial charge on any atom is 2.00 e. The number of halogens is 1. The molecule has 0 N–H and O–H groups in total. The molecule has 1 aromatic carbocycles. The second kappa shape index (κ2) is 8.20. The standard InChI is InChI=1S/C9H11O3.BrH.Mg/c1-10-7-5-4-6-8(11-2)9(7)12-3;;/h4-5H,1-3H3;1H;/q-1;;+2/p-1. The van der Waals surface area contributed by atoms with Crippen molar-refractivity contribution in [3.63, 3.8) is 0 Å². The van der Waals surface area contributed by atoms with Crippen LogP contribution in [0.15, 0.2) is 12.1 Å². The van der Waals surface area contributed by atoms with E-state index in [1.54, 1.807) is 33.5 Å². The Balaban J connectivity index is 0. The van der Waals surface area contributed by atoms with Crippen molar-refractivity contribution in [1.82, 2.24) is 0 Å². The van der Waals surface area contributed by atoms with Gasteiger partial charge in [-0.15, -0.1) is 12.1 Å². The molecular formula is C9H11BrMgO3. The summed E-state index contributed by atoms with van der Waals surface area (Å²) in [7, 11) is 4.71. The Hall–Kier alpha value is -0.134. The van der Waals surface area contributed by atoms with Gasteiger partial charge in [0.1, 0.15) is 0 Å². The minimum Gasteiger partial charge on any atom is -1.00 e. The van der Waals surface area contributed by atoms with Gasteiger partial charge in [-0.2, -0.15) is 6.07 Å². The van der Waals surface area contributed by atoms with E-state index in [0.717, 1.165) is 0 Å². The van der Waals surface area contributed by atoms with E-state index in [2.05, 4.69) is 6.07 Å². The predicted molar refractivity (Wildman–Crippen MR) is 50.7 cm³/mol. The summed E-state index contributed by atoms with van der Waals surface area (Å²) in [6, 6.07) is 6.37. The fraction of sp³-hybridized carbons (Fsp3) is 0.333. The van der Waals surface area contributed by atoms with Gasteiger partial charge >= 0.3 is 23.1 Å². The molecule has 1 rings (SSSR count). The van der Waals surface area contributed by atoms with E-state index in [9.17, 15) is 0 Å². The summed E-state index contributed by atoms with van der Waals surface area (Å²) in [6.07, 6.45) is 0. The van der Waals surface area contributed by atoms with Gasteiger partial charge in [-0.3, -0.25) is 0 Å². The zero-order valence-corrected chi connectivity index (χ0v) is 11.5. The second-order valence-electron chi connectivity index (χ2n) is 2.11. The molecule has 5 heteroatoms. The molecule has 0 spiro atoms. The molecule has 74 valence electrons. The molecule has 0 aliphatic carbocycles. The van der Waals surface area contributed by atoms with E-state index in [1.165, 1.54) is 0 Å². The van der Waals surface area contributed by atoms with Crippen LogP contribution in [0.1, 0.15) is 0 Å². The molecule has 0 saturated heterocycles. The molecule has 0 saturated carbocycles. The maximum absolute atomic E-state index is 5.08. The summed E-state index contributed by atoms with van der Waals surface area (Å²) in [6.45, 7) is 0. The van der Waals surface area contributed by atoms with Crippen LogP contribution in [0.2, 0.25) is 0 Å². The summed E-state index contributed by atoms with van der Waals surface area (Å²) in [5, 5.41) is 0. The minimum absolute atomic E-state index is 0. The smallest absolute Gasteiger partial charge is 1.00 e. The predicted octanol–water partition coefficient (Wildman–Crippen LogP) is -1.86. The first-order chi connectivity index (χ1) is 5.83. The Morgan fingerprint density at radius 1 is 1.07 bits per heavy atom. The first-order valence-corrected chi connectivity index (χ1v) is 3.50. The van der Waals surface area contributed by atoms with Crippen LogP contribution in [0.5, 0.6) is 17.2 Å². The van der Waals surface area contributed by atoms with Gasteiger partial charge in [0.15, 0.2) is 0 Å². The topological polar surface area (TPSA) is 27.7 Å². The number of hydrogen-bond acceptors (Lipinski definition) is 3. The first-order valence-electron chi connectivity index (χ1n) is 3.50. The molecule has 0 fully saturated rings. The van der Waals surface area contributed by atoms with Crippen molar-refractivity contribution >= 4 is 23.1 Å². The largest absolute Gasteiger partial charge is 2.00 e. The fourth-order valence-corrected chi connectivity index (χ4v) is 0.952. The van der Waals surface area contributed by atoms with Gasteiger partial charge in [0.25, 0.3) is 0 Å². The van der Waals surface area contributed by atoms with E-state index in [0.29, 0.717) is 17.2 Å². The number of rotatable bonds is 3. The van der Waals surface area contributed by atoms with Gasteiger partial charge < -0.3 is 31.2 Å². The molecule has 1 aromatic rings. The van der Waals surface area contributed by atoms with Gasteiger partial charge in [0, 0.05) is 0 Å². The molecule has 3 nitrogen and oxygen atoms in total. The van der Waals surface area contributed by atoms with Crippen LogP contribution in [0.3, 0.4) is 0 Å². The van der Waals surface area contributed by atoms with Crippen molar-refractivity contribution in [1.29, 1.82) is 0 Å². The van der Waals surface area contributed by atoms with Crippen LogP contribution in [-0.4, -0.2) is 44.4 Å². The average molecular weight is 271 g/mol.